The zero-order chi connectivity index (χ0) is 15.6. The standard InChI is InChI=1S/C14H15N3O4/c1-9-5-4-6-12(13(9)17(19)20)14(18)16(3)8-11-7-10(2)21-15-11/h4-7H,8H2,1-3H3. The minimum atomic E-state index is -0.531. The average Bonchev–Trinajstić information content (AvgIpc) is 2.82. The minimum absolute atomic E-state index is 0.0720. The maximum absolute atomic E-state index is 12.4. The first-order valence-corrected chi connectivity index (χ1v) is 6.32. The number of nitro benzene ring substituents is 1. The molecule has 0 aliphatic carbocycles. The summed E-state index contributed by atoms with van der Waals surface area (Å²) in [4.78, 5) is 24.4. The third-order valence-corrected chi connectivity index (χ3v) is 3.07. The van der Waals surface area contributed by atoms with Crippen LogP contribution in [-0.2, 0) is 6.54 Å². The maximum Gasteiger partial charge on any atom is 0.285 e. The summed E-state index contributed by atoms with van der Waals surface area (Å²) in [5.74, 6) is 0.221. The summed E-state index contributed by atoms with van der Waals surface area (Å²) in [6, 6.07) is 6.41. The second-order valence-electron chi connectivity index (χ2n) is 4.82. The molecular weight excluding hydrogens is 274 g/mol. The Morgan fingerprint density at radius 1 is 1.43 bits per heavy atom. The molecule has 0 spiro atoms. The number of nitro groups is 1. The Bertz CT molecular complexity index is 693. The number of rotatable bonds is 4. The monoisotopic (exact) mass is 289 g/mol. The molecule has 21 heavy (non-hydrogen) atoms. The van der Waals surface area contributed by atoms with Crippen LogP contribution in [0.2, 0.25) is 0 Å². The minimum Gasteiger partial charge on any atom is -0.361 e. The predicted octanol–water partition coefficient (Wildman–Crippen LogP) is 2.47. The number of amides is 1. The molecule has 1 aromatic heterocycles. The summed E-state index contributed by atoms with van der Waals surface area (Å²) in [5.41, 5.74) is 0.962. The Morgan fingerprint density at radius 2 is 2.14 bits per heavy atom. The number of benzene rings is 1. The summed E-state index contributed by atoms with van der Waals surface area (Å²) in [7, 11) is 1.57. The molecular formula is C14H15N3O4. The number of para-hydroxylation sites is 1. The lowest BCUT2D eigenvalue weighted by atomic mass is 10.1. The fourth-order valence-corrected chi connectivity index (χ4v) is 2.09. The molecule has 0 radical (unpaired) electrons. The molecule has 2 rings (SSSR count). The van der Waals surface area contributed by atoms with Crippen molar-refractivity contribution >= 4 is 11.6 Å². The van der Waals surface area contributed by atoms with Gasteiger partial charge in [-0.1, -0.05) is 17.3 Å². The van der Waals surface area contributed by atoms with E-state index in [0.717, 1.165) is 0 Å². The van der Waals surface area contributed by atoms with E-state index in [1.54, 1.807) is 39.1 Å². The van der Waals surface area contributed by atoms with Gasteiger partial charge in [-0.05, 0) is 19.9 Å². The van der Waals surface area contributed by atoms with Crippen LogP contribution in [0.3, 0.4) is 0 Å². The molecule has 7 nitrogen and oxygen atoms in total. The normalized spacial score (nSPS) is 10.4. The van der Waals surface area contributed by atoms with Crippen molar-refractivity contribution < 1.29 is 14.2 Å². The Kier molecular flexibility index (Phi) is 4.02. The average molecular weight is 289 g/mol. The van der Waals surface area contributed by atoms with Crippen molar-refractivity contribution in [2.45, 2.75) is 20.4 Å². The number of carbonyl (C=O) groups excluding carboxylic acids is 1. The van der Waals surface area contributed by atoms with Gasteiger partial charge in [0, 0.05) is 18.7 Å². The van der Waals surface area contributed by atoms with Gasteiger partial charge in [-0.25, -0.2) is 0 Å². The van der Waals surface area contributed by atoms with Crippen LogP contribution in [-0.4, -0.2) is 27.9 Å². The molecule has 0 bridgehead atoms. The third-order valence-electron chi connectivity index (χ3n) is 3.07. The summed E-state index contributed by atoms with van der Waals surface area (Å²) < 4.78 is 4.94. The van der Waals surface area contributed by atoms with E-state index in [-0.39, 0.29) is 17.8 Å². The van der Waals surface area contributed by atoms with Crippen molar-refractivity contribution in [3.05, 3.63) is 57.0 Å². The van der Waals surface area contributed by atoms with Crippen molar-refractivity contribution in [3.8, 4) is 0 Å². The molecule has 1 aromatic carbocycles. The quantitative estimate of drug-likeness (QED) is 0.637. The second-order valence-corrected chi connectivity index (χ2v) is 4.82. The summed E-state index contributed by atoms with van der Waals surface area (Å²) in [6.45, 7) is 3.58. The van der Waals surface area contributed by atoms with Gasteiger partial charge in [-0.3, -0.25) is 14.9 Å². The topological polar surface area (TPSA) is 89.5 Å². The smallest absolute Gasteiger partial charge is 0.285 e. The van der Waals surface area contributed by atoms with E-state index < -0.39 is 10.8 Å². The summed E-state index contributed by atoms with van der Waals surface area (Å²) in [5, 5.41) is 14.9. The zero-order valence-corrected chi connectivity index (χ0v) is 12.0. The molecule has 0 N–H and O–H groups in total. The molecule has 110 valence electrons. The van der Waals surface area contributed by atoms with E-state index in [0.29, 0.717) is 17.0 Å². The summed E-state index contributed by atoms with van der Waals surface area (Å²) in [6.07, 6.45) is 0. The molecule has 1 amide bonds. The van der Waals surface area contributed by atoms with Crippen LogP contribution in [0.25, 0.3) is 0 Å². The number of nitrogens with zero attached hydrogens (tertiary/aromatic N) is 3. The maximum atomic E-state index is 12.4. The summed E-state index contributed by atoms with van der Waals surface area (Å²) >= 11 is 0. The SMILES string of the molecule is Cc1cc(CN(C)C(=O)c2cccc(C)c2[N+](=O)[O-])no1. The lowest BCUT2D eigenvalue weighted by molar-refractivity contribution is -0.385. The van der Waals surface area contributed by atoms with Crippen LogP contribution in [0.15, 0.2) is 28.8 Å². The van der Waals surface area contributed by atoms with Crippen LogP contribution >= 0.6 is 0 Å². The third kappa shape index (κ3) is 3.07. The van der Waals surface area contributed by atoms with Gasteiger partial charge in [-0.2, -0.15) is 0 Å². The molecule has 0 unspecified atom stereocenters. The molecule has 7 heteroatoms. The van der Waals surface area contributed by atoms with Crippen LogP contribution in [0.1, 0.15) is 27.4 Å². The molecule has 1 heterocycles. The zero-order valence-electron chi connectivity index (χ0n) is 12.0. The molecule has 2 aromatic rings. The largest absolute Gasteiger partial charge is 0.361 e. The fraction of sp³-hybridized carbons (Fsp3) is 0.286. The van der Waals surface area contributed by atoms with Gasteiger partial charge >= 0.3 is 0 Å². The first-order chi connectivity index (χ1) is 9.90. The highest BCUT2D eigenvalue weighted by atomic mass is 16.6. The highest BCUT2D eigenvalue weighted by molar-refractivity contribution is 5.98. The van der Waals surface area contributed by atoms with Gasteiger partial charge < -0.3 is 9.42 Å². The van der Waals surface area contributed by atoms with Crippen molar-refractivity contribution in [1.82, 2.24) is 10.1 Å². The van der Waals surface area contributed by atoms with Crippen molar-refractivity contribution in [3.63, 3.8) is 0 Å². The second kappa shape index (κ2) is 5.74. The van der Waals surface area contributed by atoms with Crippen LogP contribution in [0.5, 0.6) is 0 Å². The van der Waals surface area contributed by atoms with Crippen molar-refractivity contribution in [2.75, 3.05) is 7.05 Å². The Morgan fingerprint density at radius 3 is 2.71 bits per heavy atom. The first kappa shape index (κ1) is 14.7. The van der Waals surface area contributed by atoms with Gasteiger partial charge in [0.15, 0.2) is 0 Å². The van der Waals surface area contributed by atoms with E-state index in [2.05, 4.69) is 5.16 Å². The Hall–Kier alpha value is -2.70. The van der Waals surface area contributed by atoms with Crippen molar-refractivity contribution in [1.29, 1.82) is 0 Å². The Balaban J connectivity index is 2.27. The van der Waals surface area contributed by atoms with Crippen LogP contribution in [0.4, 0.5) is 5.69 Å². The predicted molar refractivity (Wildman–Crippen MR) is 74.9 cm³/mol. The lowest BCUT2D eigenvalue weighted by Gasteiger charge is -2.16. The molecule has 0 saturated carbocycles. The van der Waals surface area contributed by atoms with Gasteiger partial charge in [0.2, 0.25) is 0 Å². The van der Waals surface area contributed by atoms with Gasteiger partial charge in [0.05, 0.1) is 11.5 Å². The molecule has 0 aliphatic heterocycles. The molecule has 0 atom stereocenters. The number of hydrogen-bond acceptors (Lipinski definition) is 5. The highest BCUT2D eigenvalue weighted by Crippen LogP contribution is 2.24. The van der Waals surface area contributed by atoms with Gasteiger partial charge in [-0.15, -0.1) is 0 Å². The van der Waals surface area contributed by atoms with E-state index in [9.17, 15) is 14.9 Å². The number of aromatic nitrogens is 1. The van der Waals surface area contributed by atoms with E-state index in [1.165, 1.54) is 11.0 Å². The van der Waals surface area contributed by atoms with E-state index >= 15 is 0 Å². The number of hydrogen-bond donors (Lipinski definition) is 0. The molecule has 0 aliphatic rings. The van der Waals surface area contributed by atoms with E-state index in [1.807, 2.05) is 0 Å². The molecule has 0 fully saturated rings. The number of carbonyl (C=O) groups is 1. The first-order valence-electron chi connectivity index (χ1n) is 6.32. The highest BCUT2D eigenvalue weighted by Gasteiger charge is 2.25. The Labute approximate surface area is 121 Å². The van der Waals surface area contributed by atoms with Gasteiger partial charge in [0.25, 0.3) is 11.6 Å². The molecule has 0 saturated heterocycles. The number of aryl methyl sites for hydroxylation is 2. The van der Waals surface area contributed by atoms with Crippen LogP contribution < -0.4 is 0 Å². The van der Waals surface area contributed by atoms with Gasteiger partial charge in [0.1, 0.15) is 17.0 Å². The lowest BCUT2D eigenvalue weighted by Crippen LogP contribution is -2.27. The van der Waals surface area contributed by atoms with Crippen LogP contribution in [0, 0.1) is 24.0 Å². The van der Waals surface area contributed by atoms with E-state index in [4.69, 9.17) is 4.52 Å². The fourth-order valence-electron chi connectivity index (χ4n) is 2.09. The van der Waals surface area contributed by atoms with Crippen molar-refractivity contribution in [2.24, 2.45) is 0 Å².